The Kier molecular flexibility index (Phi) is 3.49. The number of hydrogen-bond acceptors (Lipinski definition) is 3. The molecule has 0 saturated carbocycles. The summed E-state index contributed by atoms with van der Waals surface area (Å²) in [7, 11) is 0. The number of carbonyl (C=O) groups excluding carboxylic acids is 1. The molecule has 15 heavy (non-hydrogen) atoms. The zero-order valence-corrected chi connectivity index (χ0v) is 10.1. The lowest BCUT2D eigenvalue weighted by Crippen LogP contribution is -2.21. The van der Waals surface area contributed by atoms with E-state index in [0.717, 1.165) is 12.3 Å². The molecular formula is C7H3Br2F3N2O. The largest absolute Gasteiger partial charge is 0.418 e. The summed E-state index contributed by atoms with van der Waals surface area (Å²) >= 11 is 5.56. The van der Waals surface area contributed by atoms with E-state index < -0.39 is 20.7 Å². The third-order valence-corrected chi connectivity index (χ3v) is 2.61. The molecule has 0 atom stereocenters. The lowest BCUT2D eigenvalue weighted by atomic mass is 10.1. The maximum absolute atomic E-state index is 12.5. The minimum Gasteiger partial charge on any atom is -0.300 e. The van der Waals surface area contributed by atoms with Crippen LogP contribution in [0.4, 0.5) is 13.2 Å². The summed E-state index contributed by atoms with van der Waals surface area (Å²) in [6.07, 6.45) is -3.42. The highest BCUT2D eigenvalue weighted by Gasteiger charge is 2.41. The van der Waals surface area contributed by atoms with Crippen LogP contribution in [0.15, 0.2) is 12.3 Å². The minimum atomic E-state index is -4.58. The number of hydrogen-bond donors (Lipinski definition) is 0. The highest BCUT2D eigenvalue weighted by Crippen LogP contribution is 2.41. The molecule has 0 aliphatic heterocycles. The van der Waals surface area contributed by atoms with E-state index in [1.807, 2.05) is 0 Å². The van der Waals surface area contributed by atoms with Crippen LogP contribution in [0.25, 0.3) is 0 Å². The Morgan fingerprint density at radius 1 is 1.33 bits per heavy atom. The average molecular weight is 348 g/mol. The molecular weight excluding hydrogens is 345 g/mol. The maximum Gasteiger partial charge on any atom is 0.418 e. The second-order valence-corrected chi connectivity index (χ2v) is 6.10. The number of nitrogens with zero attached hydrogens (tertiary/aromatic N) is 2. The minimum absolute atomic E-state index is 0.256. The summed E-state index contributed by atoms with van der Waals surface area (Å²) < 4.78 is 35.8. The van der Waals surface area contributed by atoms with Gasteiger partial charge in [0.2, 0.25) is 0 Å². The molecule has 0 bridgehead atoms. The summed E-state index contributed by atoms with van der Waals surface area (Å²) in [5.41, 5.74) is -1.54. The van der Waals surface area contributed by atoms with E-state index in [1.54, 1.807) is 0 Å². The van der Waals surface area contributed by atoms with E-state index in [1.165, 1.54) is 0 Å². The predicted octanol–water partition coefficient (Wildman–Crippen LogP) is 2.64. The van der Waals surface area contributed by atoms with Crippen molar-refractivity contribution in [2.45, 2.75) is 9.41 Å². The fourth-order valence-electron chi connectivity index (χ4n) is 0.863. The van der Waals surface area contributed by atoms with Gasteiger partial charge in [-0.25, -0.2) is 0 Å². The van der Waals surface area contributed by atoms with Crippen LogP contribution < -0.4 is 0 Å². The van der Waals surface area contributed by atoms with E-state index in [4.69, 9.17) is 0 Å². The van der Waals surface area contributed by atoms with Gasteiger partial charge in [-0.2, -0.15) is 23.4 Å². The van der Waals surface area contributed by atoms with Gasteiger partial charge in [-0.05, 0) is 6.07 Å². The molecule has 0 unspecified atom stereocenters. The molecule has 0 saturated heterocycles. The van der Waals surface area contributed by atoms with Crippen molar-refractivity contribution in [1.29, 1.82) is 0 Å². The van der Waals surface area contributed by atoms with E-state index in [-0.39, 0.29) is 6.29 Å². The molecule has 3 nitrogen and oxygen atoms in total. The monoisotopic (exact) mass is 346 g/mol. The van der Waals surface area contributed by atoms with E-state index in [9.17, 15) is 18.0 Å². The Morgan fingerprint density at radius 3 is 2.40 bits per heavy atom. The standard InChI is InChI=1S/C7H3Br2F3N2O/c8-6(9,3-15)5-4(7(10,11)12)1-2-13-14-5/h1-3H. The molecule has 0 aliphatic rings. The number of aldehydes is 1. The fourth-order valence-corrected chi connectivity index (χ4v) is 1.45. The highest BCUT2D eigenvalue weighted by atomic mass is 79.9. The normalized spacial score (nSPS) is 12.6. The van der Waals surface area contributed by atoms with Crippen LogP contribution in [0.3, 0.4) is 0 Å². The van der Waals surface area contributed by atoms with Gasteiger partial charge in [0.25, 0.3) is 0 Å². The van der Waals surface area contributed by atoms with Crippen molar-refractivity contribution in [1.82, 2.24) is 10.2 Å². The Labute approximate surface area is 99.3 Å². The smallest absolute Gasteiger partial charge is 0.300 e. The Hall–Kier alpha value is -0.500. The third kappa shape index (κ3) is 2.75. The molecule has 0 fully saturated rings. The average Bonchev–Trinajstić information content (AvgIpc) is 2.16. The molecule has 82 valence electrons. The van der Waals surface area contributed by atoms with Gasteiger partial charge in [0, 0.05) is 0 Å². The van der Waals surface area contributed by atoms with Crippen molar-refractivity contribution < 1.29 is 18.0 Å². The molecule has 1 aromatic heterocycles. The van der Waals surface area contributed by atoms with Gasteiger partial charge in [0.05, 0.1) is 11.8 Å². The second-order valence-electron chi connectivity index (χ2n) is 2.53. The first-order valence-corrected chi connectivity index (χ1v) is 5.11. The number of alkyl halides is 5. The van der Waals surface area contributed by atoms with Gasteiger partial charge < -0.3 is 4.79 Å². The summed E-state index contributed by atoms with van der Waals surface area (Å²) in [5, 5.41) is 6.60. The summed E-state index contributed by atoms with van der Waals surface area (Å²) in [6, 6.07) is 0.753. The highest BCUT2D eigenvalue weighted by molar-refractivity contribution is 9.25. The number of aromatic nitrogens is 2. The molecule has 0 radical (unpaired) electrons. The molecule has 0 aliphatic carbocycles. The molecule has 8 heteroatoms. The van der Waals surface area contributed by atoms with Gasteiger partial charge in [-0.15, -0.1) is 0 Å². The van der Waals surface area contributed by atoms with Crippen molar-refractivity contribution in [3.8, 4) is 0 Å². The molecule has 0 aromatic carbocycles. The summed E-state index contributed by atoms with van der Waals surface area (Å²) in [4.78, 5) is 10.6. The fraction of sp³-hybridized carbons (Fsp3) is 0.286. The quantitative estimate of drug-likeness (QED) is 0.610. The third-order valence-electron chi connectivity index (χ3n) is 1.49. The zero-order chi connectivity index (χ0) is 11.7. The van der Waals surface area contributed by atoms with Gasteiger partial charge >= 0.3 is 6.18 Å². The van der Waals surface area contributed by atoms with Crippen molar-refractivity contribution in [3.63, 3.8) is 0 Å². The van der Waals surface area contributed by atoms with Gasteiger partial charge in [0.1, 0.15) is 5.69 Å². The van der Waals surface area contributed by atoms with E-state index in [0.29, 0.717) is 0 Å². The Morgan fingerprint density at radius 2 is 1.93 bits per heavy atom. The summed E-state index contributed by atoms with van der Waals surface area (Å²) in [5.74, 6) is 0. The number of halogens is 5. The number of rotatable bonds is 2. The van der Waals surface area contributed by atoms with Crippen LogP contribution in [0.2, 0.25) is 0 Å². The first-order chi connectivity index (χ1) is 6.79. The molecule has 0 spiro atoms. The van der Waals surface area contributed by atoms with Crippen LogP contribution >= 0.6 is 31.9 Å². The van der Waals surface area contributed by atoms with Crippen molar-refractivity contribution in [3.05, 3.63) is 23.5 Å². The topological polar surface area (TPSA) is 42.9 Å². The van der Waals surface area contributed by atoms with Crippen molar-refractivity contribution in [2.75, 3.05) is 0 Å². The summed E-state index contributed by atoms with van der Waals surface area (Å²) in [6.45, 7) is 0. The lowest BCUT2D eigenvalue weighted by Gasteiger charge is -2.16. The van der Waals surface area contributed by atoms with Crippen LogP contribution in [0.5, 0.6) is 0 Å². The SMILES string of the molecule is O=CC(Br)(Br)c1nnccc1C(F)(F)F. The maximum atomic E-state index is 12.5. The van der Waals surface area contributed by atoms with Crippen LogP contribution in [-0.2, 0) is 14.2 Å². The van der Waals surface area contributed by atoms with Crippen LogP contribution in [-0.4, -0.2) is 16.5 Å². The van der Waals surface area contributed by atoms with Crippen molar-refractivity contribution in [2.24, 2.45) is 0 Å². The molecule has 1 heterocycles. The van der Waals surface area contributed by atoms with Gasteiger partial charge in [0.15, 0.2) is 9.52 Å². The van der Waals surface area contributed by atoms with Crippen molar-refractivity contribution >= 4 is 38.1 Å². The Balaban J connectivity index is 3.37. The van der Waals surface area contributed by atoms with E-state index in [2.05, 4.69) is 42.1 Å². The zero-order valence-electron chi connectivity index (χ0n) is 6.92. The van der Waals surface area contributed by atoms with Gasteiger partial charge in [-0.1, -0.05) is 31.9 Å². The first kappa shape index (κ1) is 12.6. The van der Waals surface area contributed by atoms with Crippen LogP contribution in [0.1, 0.15) is 11.3 Å². The molecule has 0 amide bonds. The van der Waals surface area contributed by atoms with Gasteiger partial charge in [-0.3, -0.25) is 0 Å². The Bertz CT molecular complexity index is 381. The predicted molar refractivity (Wildman–Crippen MR) is 52.6 cm³/mol. The first-order valence-electron chi connectivity index (χ1n) is 3.52. The van der Waals surface area contributed by atoms with E-state index >= 15 is 0 Å². The molecule has 1 aromatic rings. The lowest BCUT2D eigenvalue weighted by molar-refractivity contribution is -0.138. The molecule has 1 rings (SSSR count). The second kappa shape index (κ2) is 4.17. The molecule has 0 N–H and O–H groups in total. The van der Waals surface area contributed by atoms with Crippen LogP contribution in [0, 0.1) is 0 Å². The number of carbonyl (C=O) groups is 1.